The number of allylic oxidation sites excluding steroid dienone is 1. The molecule has 0 radical (unpaired) electrons. The van der Waals surface area contributed by atoms with E-state index in [4.69, 9.17) is 4.74 Å². The number of esters is 1. The van der Waals surface area contributed by atoms with Crippen LogP contribution in [0.4, 0.5) is 0 Å². The lowest BCUT2D eigenvalue weighted by Crippen LogP contribution is -2.27. The maximum atomic E-state index is 11.1. The maximum Gasteiger partial charge on any atom is 0.331 e. The molecular formula is C10H13NO4. The third-order valence-electron chi connectivity index (χ3n) is 1.89. The number of carbonyl (C=O) groups is 3. The van der Waals surface area contributed by atoms with Crippen LogP contribution in [0, 0.1) is 0 Å². The quantitative estimate of drug-likeness (QED) is 0.412. The van der Waals surface area contributed by atoms with Crippen molar-refractivity contribution in [2.75, 3.05) is 0 Å². The van der Waals surface area contributed by atoms with Crippen molar-refractivity contribution < 1.29 is 19.1 Å². The van der Waals surface area contributed by atoms with Crippen molar-refractivity contribution in [3.05, 3.63) is 12.2 Å². The normalized spacial score (nSPS) is 20.7. The fourth-order valence-electron chi connectivity index (χ4n) is 1.15. The minimum atomic E-state index is -0.962. The van der Waals surface area contributed by atoms with Crippen LogP contribution in [0.1, 0.15) is 26.2 Å². The molecule has 82 valence electrons. The summed E-state index contributed by atoms with van der Waals surface area (Å²) in [6.45, 7) is 1.98. The lowest BCUT2D eigenvalue weighted by Gasteiger charge is -2.05. The van der Waals surface area contributed by atoms with Crippen molar-refractivity contribution in [3.63, 3.8) is 0 Å². The number of hydrogen-bond acceptors (Lipinski definition) is 4. The Labute approximate surface area is 87.5 Å². The smallest absolute Gasteiger partial charge is 0.331 e. The SMILES string of the molecule is CCCC=CC(=O)OC1CC(=O)NC1=O. The van der Waals surface area contributed by atoms with Gasteiger partial charge in [-0.05, 0) is 6.42 Å². The summed E-state index contributed by atoms with van der Waals surface area (Å²) in [5, 5.41) is 2.06. The monoisotopic (exact) mass is 211 g/mol. The van der Waals surface area contributed by atoms with E-state index < -0.39 is 23.9 Å². The summed E-state index contributed by atoms with van der Waals surface area (Å²) < 4.78 is 4.78. The fourth-order valence-corrected chi connectivity index (χ4v) is 1.15. The molecule has 1 rings (SSSR count). The van der Waals surface area contributed by atoms with E-state index in [1.54, 1.807) is 6.08 Å². The van der Waals surface area contributed by atoms with Crippen molar-refractivity contribution in [1.29, 1.82) is 0 Å². The highest BCUT2D eigenvalue weighted by molar-refractivity contribution is 6.05. The number of hydrogen-bond donors (Lipinski definition) is 1. The van der Waals surface area contributed by atoms with Crippen LogP contribution in [0.3, 0.4) is 0 Å². The predicted octanol–water partition coefficient (Wildman–Crippen LogP) is 0.301. The number of carbonyl (C=O) groups excluding carboxylic acids is 3. The number of imide groups is 1. The summed E-state index contributed by atoms with van der Waals surface area (Å²) in [5.41, 5.74) is 0. The number of nitrogens with one attached hydrogen (secondary N) is 1. The van der Waals surface area contributed by atoms with Crippen LogP contribution in [-0.2, 0) is 19.1 Å². The molecule has 0 aromatic carbocycles. The molecule has 15 heavy (non-hydrogen) atoms. The van der Waals surface area contributed by atoms with Crippen LogP contribution in [0.25, 0.3) is 0 Å². The topological polar surface area (TPSA) is 72.5 Å². The van der Waals surface area contributed by atoms with Crippen LogP contribution < -0.4 is 5.32 Å². The van der Waals surface area contributed by atoms with Gasteiger partial charge in [0, 0.05) is 6.08 Å². The van der Waals surface area contributed by atoms with Crippen LogP contribution in [0.2, 0.25) is 0 Å². The molecule has 1 aliphatic heterocycles. The van der Waals surface area contributed by atoms with Gasteiger partial charge in [-0.1, -0.05) is 19.4 Å². The molecule has 0 aliphatic carbocycles. The standard InChI is InChI=1S/C10H13NO4/c1-2-3-4-5-9(13)15-7-6-8(12)11-10(7)14/h4-5,7H,2-3,6H2,1H3,(H,11,12,14). The van der Waals surface area contributed by atoms with E-state index in [1.165, 1.54) is 6.08 Å². The Morgan fingerprint density at radius 1 is 1.60 bits per heavy atom. The minimum absolute atomic E-state index is 0.0772. The second-order valence-corrected chi connectivity index (χ2v) is 3.23. The molecule has 0 saturated carbocycles. The van der Waals surface area contributed by atoms with E-state index in [-0.39, 0.29) is 6.42 Å². The number of amides is 2. The van der Waals surface area contributed by atoms with Crippen molar-refractivity contribution in [2.24, 2.45) is 0 Å². The molecule has 0 bridgehead atoms. The molecule has 1 heterocycles. The lowest BCUT2D eigenvalue weighted by atomic mass is 10.3. The fraction of sp³-hybridized carbons (Fsp3) is 0.500. The molecule has 0 aromatic rings. The van der Waals surface area contributed by atoms with Crippen molar-refractivity contribution >= 4 is 17.8 Å². The van der Waals surface area contributed by atoms with Crippen molar-refractivity contribution in [3.8, 4) is 0 Å². The second kappa shape index (κ2) is 5.29. The maximum absolute atomic E-state index is 11.1. The highest BCUT2D eigenvalue weighted by atomic mass is 16.5. The first-order chi connectivity index (χ1) is 7.13. The van der Waals surface area contributed by atoms with E-state index >= 15 is 0 Å². The van der Waals surface area contributed by atoms with Gasteiger partial charge in [-0.2, -0.15) is 0 Å². The van der Waals surface area contributed by atoms with Crippen molar-refractivity contribution in [1.82, 2.24) is 5.32 Å². The molecule has 1 atom stereocenters. The molecular weight excluding hydrogens is 198 g/mol. The number of ether oxygens (including phenoxy) is 1. The van der Waals surface area contributed by atoms with E-state index in [0.717, 1.165) is 12.8 Å². The van der Waals surface area contributed by atoms with Crippen LogP contribution in [-0.4, -0.2) is 23.9 Å². The van der Waals surface area contributed by atoms with Crippen LogP contribution in [0.15, 0.2) is 12.2 Å². The Morgan fingerprint density at radius 2 is 2.33 bits per heavy atom. The van der Waals surface area contributed by atoms with Gasteiger partial charge in [0.25, 0.3) is 5.91 Å². The van der Waals surface area contributed by atoms with E-state index in [2.05, 4.69) is 5.32 Å². The van der Waals surface area contributed by atoms with Gasteiger partial charge in [-0.3, -0.25) is 14.9 Å². The zero-order valence-electron chi connectivity index (χ0n) is 8.49. The van der Waals surface area contributed by atoms with Gasteiger partial charge >= 0.3 is 5.97 Å². The Balaban J connectivity index is 2.38. The highest BCUT2D eigenvalue weighted by Crippen LogP contribution is 2.06. The summed E-state index contributed by atoms with van der Waals surface area (Å²) in [6.07, 6.45) is 3.64. The average molecular weight is 211 g/mol. The van der Waals surface area contributed by atoms with Gasteiger partial charge in [0.2, 0.25) is 5.91 Å². The van der Waals surface area contributed by atoms with Crippen molar-refractivity contribution in [2.45, 2.75) is 32.3 Å². The zero-order valence-corrected chi connectivity index (χ0v) is 8.49. The highest BCUT2D eigenvalue weighted by Gasteiger charge is 2.33. The van der Waals surface area contributed by atoms with Crippen LogP contribution in [0.5, 0.6) is 0 Å². The lowest BCUT2D eigenvalue weighted by molar-refractivity contribution is -0.149. The van der Waals surface area contributed by atoms with Gasteiger partial charge < -0.3 is 4.74 Å². The molecule has 2 amide bonds. The minimum Gasteiger partial charge on any atom is -0.449 e. The molecule has 5 nitrogen and oxygen atoms in total. The summed E-state index contributed by atoms with van der Waals surface area (Å²) in [6, 6.07) is 0. The molecule has 0 spiro atoms. The van der Waals surface area contributed by atoms with Gasteiger partial charge in [-0.15, -0.1) is 0 Å². The van der Waals surface area contributed by atoms with Gasteiger partial charge in [0.15, 0.2) is 6.10 Å². The predicted molar refractivity (Wildman–Crippen MR) is 51.7 cm³/mol. The van der Waals surface area contributed by atoms with Gasteiger partial charge in [0.05, 0.1) is 6.42 Å². The van der Waals surface area contributed by atoms with Gasteiger partial charge in [-0.25, -0.2) is 4.79 Å². The van der Waals surface area contributed by atoms with E-state index in [9.17, 15) is 14.4 Å². The molecule has 0 aromatic heterocycles. The molecule has 5 heteroatoms. The molecule has 1 aliphatic rings. The number of rotatable bonds is 4. The average Bonchev–Trinajstić information content (AvgIpc) is 2.45. The third kappa shape index (κ3) is 3.53. The molecule has 1 saturated heterocycles. The first kappa shape index (κ1) is 11.4. The molecule has 1 N–H and O–H groups in total. The summed E-state index contributed by atoms with van der Waals surface area (Å²) in [4.78, 5) is 32.9. The Bertz CT molecular complexity index is 309. The third-order valence-corrected chi connectivity index (χ3v) is 1.89. The first-order valence-corrected chi connectivity index (χ1v) is 4.84. The van der Waals surface area contributed by atoms with E-state index in [0.29, 0.717) is 0 Å². The van der Waals surface area contributed by atoms with E-state index in [1.807, 2.05) is 6.92 Å². The molecule has 1 fully saturated rings. The largest absolute Gasteiger partial charge is 0.449 e. The second-order valence-electron chi connectivity index (χ2n) is 3.23. The first-order valence-electron chi connectivity index (χ1n) is 4.84. The number of unbranched alkanes of at least 4 members (excludes halogenated alkanes) is 1. The summed E-state index contributed by atoms with van der Waals surface area (Å²) >= 11 is 0. The summed E-state index contributed by atoms with van der Waals surface area (Å²) in [5.74, 6) is -1.54. The zero-order chi connectivity index (χ0) is 11.3. The Hall–Kier alpha value is -1.65. The summed E-state index contributed by atoms with van der Waals surface area (Å²) in [7, 11) is 0. The molecule has 1 unspecified atom stereocenters. The van der Waals surface area contributed by atoms with Gasteiger partial charge in [0.1, 0.15) is 0 Å². The van der Waals surface area contributed by atoms with Crippen LogP contribution >= 0.6 is 0 Å². The Kier molecular flexibility index (Phi) is 4.03. The Morgan fingerprint density at radius 3 is 2.87 bits per heavy atom.